The summed E-state index contributed by atoms with van der Waals surface area (Å²) in [4.78, 5) is 12.6. The molecule has 0 saturated carbocycles. The van der Waals surface area contributed by atoms with E-state index < -0.39 is 18.4 Å². The molecule has 0 bridgehead atoms. The Morgan fingerprint density at radius 1 is 1.39 bits per heavy atom. The Balaban J connectivity index is 2.20. The predicted octanol–water partition coefficient (Wildman–Crippen LogP) is 0.129. The lowest BCUT2D eigenvalue weighted by Gasteiger charge is -2.22. The van der Waals surface area contributed by atoms with Gasteiger partial charge >= 0.3 is 5.97 Å². The highest BCUT2D eigenvalue weighted by atomic mass is 16.5. The zero-order valence-corrected chi connectivity index (χ0v) is 10.0. The number of nitrogen functional groups attached to an aromatic ring is 1. The zero-order chi connectivity index (χ0) is 13.3. The van der Waals surface area contributed by atoms with E-state index >= 15 is 0 Å². The Labute approximate surface area is 105 Å². The number of anilines is 1. The number of nitrogens with two attached hydrogens (primary N) is 1. The number of ether oxygens (including phenoxy) is 1. The maximum absolute atomic E-state index is 11.4. The second-order valence-corrected chi connectivity index (χ2v) is 4.11. The fourth-order valence-corrected chi connectivity index (χ4v) is 2.07. The molecule has 2 unspecified atom stereocenters. The number of hydrogen-bond donors (Lipinski definition) is 3. The van der Waals surface area contributed by atoms with Crippen molar-refractivity contribution in [1.82, 2.24) is 4.90 Å². The quantitative estimate of drug-likeness (QED) is 0.522. The van der Waals surface area contributed by atoms with Gasteiger partial charge in [-0.05, 0) is 19.1 Å². The van der Waals surface area contributed by atoms with Gasteiger partial charge in [0, 0.05) is 16.8 Å². The Morgan fingerprint density at radius 3 is 2.72 bits per heavy atom. The molecule has 0 amide bonds. The van der Waals surface area contributed by atoms with Crippen LogP contribution in [0, 0.1) is 0 Å². The van der Waals surface area contributed by atoms with Gasteiger partial charge in [0.25, 0.3) is 0 Å². The second kappa shape index (κ2) is 4.93. The number of fused-ring (bicyclic) bond motifs is 1. The summed E-state index contributed by atoms with van der Waals surface area (Å²) in [6.45, 7) is 1.79. The van der Waals surface area contributed by atoms with Crippen molar-refractivity contribution in [3.8, 4) is 0 Å². The van der Waals surface area contributed by atoms with Crippen molar-refractivity contribution < 1.29 is 19.7 Å². The standard InChI is InChI=1S/C12H16N2O4/c1-2-18-10(15)6-14-11(16)8-4-3-7(13)5-9(8)12(14)17/h3-5,11-12,16-17H,2,6,13H2,1H3. The highest BCUT2D eigenvalue weighted by Gasteiger charge is 2.37. The van der Waals surface area contributed by atoms with E-state index in [-0.39, 0.29) is 13.2 Å². The van der Waals surface area contributed by atoms with E-state index in [2.05, 4.69) is 0 Å². The Morgan fingerprint density at radius 2 is 2.06 bits per heavy atom. The van der Waals surface area contributed by atoms with E-state index in [0.717, 1.165) is 0 Å². The van der Waals surface area contributed by atoms with E-state index in [1.807, 2.05) is 0 Å². The largest absolute Gasteiger partial charge is 0.465 e. The lowest BCUT2D eigenvalue weighted by atomic mass is 10.1. The molecule has 0 spiro atoms. The molecule has 0 aliphatic carbocycles. The highest BCUT2D eigenvalue weighted by Crippen LogP contribution is 2.39. The summed E-state index contributed by atoms with van der Waals surface area (Å²) in [6, 6.07) is 4.88. The molecule has 0 aromatic heterocycles. The molecule has 98 valence electrons. The van der Waals surface area contributed by atoms with Gasteiger partial charge in [-0.25, -0.2) is 4.90 Å². The van der Waals surface area contributed by atoms with Crippen molar-refractivity contribution in [1.29, 1.82) is 0 Å². The van der Waals surface area contributed by atoms with Gasteiger partial charge in [-0.3, -0.25) is 4.79 Å². The van der Waals surface area contributed by atoms with Gasteiger partial charge in [0.1, 0.15) is 19.0 Å². The van der Waals surface area contributed by atoms with Crippen LogP contribution in [0.4, 0.5) is 5.69 Å². The van der Waals surface area contributed by atoms with Crippen LogP contribution in [0.5, 0.6) is 0 Å². The first-order valence-electron chi connectivity index (χ1n) is 5.71. The van der Waals surface area contributed by atoms with Crippen LogP contribution in [0.1, 0.15) is 30.5 Å². The van der Waals surface area contributed by atoms with Crippen molar-refractivity contribution in [2.75, 3.05) is 18.9 Å². The third kappa shape index (κ3) is 2.17. The average molecular weight is 252 g/mol. The maximum Gasteiger partial charge on any atom is 0.320 e. The third-order valence-electron chi connectivity index (χ3n) is 2.91. The number of aliphatic hydroxyl groups excluding tert-OH is 2. The first-order valence-corrected chi connectivity index (χ1v) is 5.71. The molecular formula is C12H16N2O4. The van der Waals surface area contributed by atoms with E-state index in [9.17, 15) is 15.0 Å². The number of carbonyl (C=O) groups excluding carboxylic acids is 1. The summed E-state index contributed by atoms with van der Waals surface area (Å²) < 4.78 is 4.80. The maximum atomic E-state index is 11.4. The van der Waals surface area contributed by atoms with Crippen LogP contribution >= 0.6 is 0 Å². The molecule has 0 radical (unpaired) electrons. The summed E-state index contributed by atoms with van der Waals surface area (Å²) in [5.41, 5.74) is 7.20. The Bertz CT molecular complexity index is 463. The minimum atomic E-state index is -1.05. The van der Waals surface area contributed by atoms with Crippen LogP contribution < -0.4 is 5.73 Å². The molecule has 2 atom stereocenters. The van der Waals surface area contributed by atoms with Gasteiger partial charge in [-0.2, -0.15) is 0 Å². The molecule has 0 fully saturated rings. The summed E-state index contributed by atoms with van der Waals surface area (Å²) in [5.74, 6) is -0.489. The molecule has 1 aliphatic rings. The molecule has 1 aromatic carbocycles. The fraction of sp³-hybridized carbons (Fsp3) is 0.417. The van der Waals surface area contributed by atoms with Gasteiger partial charge in [0.05, 0.1) is 6.61 Å². The van der Waals surface area contributed by atoms with Gasteiger partial charge < -0.3 is 20.7 Å². The second-order valence-electron chi connectivity index (χ2n) is 4.11. The number of nitrogens with zero attached hydrogens (tertiary/aromatic N) is 1. The van der Waals surface area contributed by atoms with Crippen molar-refractivity contribution in [3.63, 3.8) is 0 Å². The number of aliphatic hydroxyl groups is 2. The Hall–Kier alpha value is -1.63. The van der Waals surface area contributed by atoms with Crippen molar-refractivity contribution in [2.45, 2.75) is 19.4 Å². The molecule has 2 rings (SSSR count). The smallest absolute Gasteiger partial charge is 0.320 e. The number of hydrogen-bond acceptors (Lipinski definition) is 6. The zero-order valence-electron chi connectivity index (χ0n) is 10.0. The van der Waals surface area contributed by atoms with Crippen LogP contribution in [0.2, 0.25) is 0 Å². The first kappa shape index (κ1) is 12.8. The molecule has 6 heteroatoms. The molecule has 6 nitrogen and oxygen atoms in total. The van der Waals surface area contributed by atoms with Crippen molar-refractivity contribution in [2.24, 2.45) is 0 Å². The van der Waals surface area contributed by atoms with Crippen LogP contribution in [-0.4, -0.2) is 34.2 Å². The van der Waals surface area contributed by atoms with Crippen LogP contribution in [-0.2, 0) is 9.53 Å². The van der Waals surface area contributed by atoms with Gasteiger partial charge in [0.2, 0.25) is 0 Å². The number of rotatable bonds is 3. The van der Waals surface area contributed by atoms with Crippen LogP contribution in [0.25, 0.3) is 0 Å². The predicted molar refractivity (Wildman–Crippen MR) is 64.1 cm³/mol. The van der Waals surface area contributed by atoms with Gasteiger partial charge in [0.15, 0.2) is 0 Å². The summed E-state index contributed by atoms with van der Waals surface area (Å²) in [7, 11) is 0. The minimum Gasteiger partial charge on any atom is -0.465 e. The van der Waals surface area contributed by atoms with Crippen molar-refractivity contribution in [3.05, 3.63) is 29.3 Å². The number of benzene rings is 1. The highest BCUT2D eigenvalue weighted by molar-refractivity contribution is 5.72. The summed E-state index contributed by atoms with van der Waals surface area (Å²) in [5, 5.41) is 20.1. The molecule has 1 aliphatic heterocycles. The van der Waals surface area contributed by atoms with E-state index in [1.54, 1.807) is 25.1 Å². The fourth-order valence-electron chi connectivity index (χ4n) is 2.07. The minimum absolute atomic E-state index is 0.176. The number of carbonyl (C=O) groups is 1. The molecule has 1 aromatic rings. The average Bonchev–Trinajstić information content (AvgIpc) is 2.55. The van der Waals surface area contributed by atoms with Crippen LogP contribution in [0.3, 0.4) is 0 Å². The molecule has 18 heavy (non-hydrogen) atoms. The lowest BCUT2D eigenvalue weighted by molar-refractivity contribution is -0.154. The topological polar surface area (TPSA) is 96.0 Å². The van der Waals surface area contributed by atoms with Crippen LogP contribution in [0.15, 0.2) is 18.2 Å². The van der Waals surface area contributed by atoms with E-state index in [1.165, 1.54) is 4.90 Å². The van der Waals surface area contributed by atoms with Gasteiger partial charge in [-0.1, -0.05) is 6.07 Å². The normalized spacial score (nSPS) is 22.8. The molecule has 4 N–H and O–H groups in total. The first-order chi connectivity index (χ1) is 8.54. The van der Waals surface area contributed by atoms with Crippen molar-refractivity contribution >= 4 is 11.7 Å². The SMILES string of the molecule is CCOC(=O)CN1C(O)c2ccc(N)cc2C1O. The summed E-state index contributed by atoms with van der Waals surface area (Å²) in [6.07, 6.45) is -2.08. The van der Waals surface area contributed by atoms with Gasteiger partial charge in [-0.15, -0.1) is 0 Å². The summed E-state index contributed by atoms with van der Waals surface area (Å²) >= 11 is 0. The third-order valence-corrected chi connectivity index (χ3v) is 2.91. The Kier molecular flexibility index (Phi) is 3.51. The lowest BCUT2D eigenvalue weighted by Crippen LogP contribution is -2.32. The molecule has 0 saturated heterocycles. The molecule has 1 heterocycles. The van der Waals surface area contributed by atoms with E-state index in [0.29, 0.717) is 16.8 Å². The molecular weight excluding hydrogens is 236 g/mol. The van der Waals surface area contributed by atoms with E-state index in [4.69, 9.17) is 10.5 Å². The monoisotopic (exact) mass is 252 g/mol. The number of esters is 1.